The summed E-state index contributed by atoms with van der Waals surface area (Å²) in [5, 5.41) is 4.16. The Bertz CT molecular complexity index is 840. The van der Waals surface area contributed by atoms with Crippen LogP contribution in [0.3, 0.4) is 0 Å². The average molecular weight is 306 g/mol. The molecule has 1 heterocycles. The molecule has 0 saturated heterocycles. The van der Waals surface area contributed by atoms with Crippen molar-refractivity contribution >= 4 is 22.5 Å². The zero-order valence-corrected chi connectivity index (χ0v) is 12.9. The predicted molar refractivity (Wildman–Crippen MR) is 93.7 cm³/mol. The summed E-state index contributed by atoms with van der Waals surface area (Å²) in [6, 6.07) is 17.5. The number of rotatable bonds is 4. The third-order valence-electron chi connectivity index (χ3n) is 3.48. The zero-order chi connectivity index (χ0) is 16.1. The highest BCUT2D eigenvalue weighted by atomic mass is 16.5. The molecule has 0 fully saturated rings. The Balaban J connectivity index is 1.76. The second-order valence-corrected chi connectivity index (χ2v) is 5.05. The first-order valence-electron chi connectivity index (χ1n) is 7.30. The molecule has 2 aromatic carbocycles. The van der Waals surface area contributed by atoms with E-state index in [1.165, 1.54) is 0 Å². The molecule has 3 rings (SSSR count). The highest BCUT2D eigenvalue weighted by molar-refractivity contribution is 5.92. The van der Waals surface area contributed by atoms with Gasteiger partial charge in [0, 0.05) is 23.3 Å². The van der Waals surface area contributed by atoms with Gasteiger partial charge in [-0.15, -0.1) is 0 Å². The van der Waals surface area contributed by atoms with Crippen LogP contribution in [0.25, 0.3) is 10.9 Å². The van der Waals surface area contributed by atoms with Crippen LogP contribution in [0, 0.1) is 0 Å². The van der Waals surface area contributed by atoms with Crippen molar-refractivity contribution in [1.29, 1.82) is 0 Å². The number of nitrogens with one attached hydrogen (secondary N) is 1. The van der Waals surface area contributed by atoms with E-state index < -0.39 is 0 Å². The van der Waals surface area contributed by atoms with Gasteiger partial charge in [-0.25, -0.2) is 4.99 Å². The first-order chi connectivity index (χ1) is 11.3. The number of aliphatic imine (C=N–C) groups is 1. The maximum atomic E-state index is 5.97. The van der Waals surface area contributed by atoms with Crippen molar-refractivity contribution in [1.82, 2.24) is 4.98 Å². The van der Waals surface area contributed by atoms with E-state index in [2.05, 4.69) is 15.3 Å². The minimum absolute atomic E-state index is 0.353. The summed E-state index contributed by atoms with van der Waals surface area (Å²) in [6.07, 6.45) is 1.79. The number of benzene rings is 2. The molecule has 0 unspecified atom stereocenters. The molecular formula is C18H18N4O. The number of hydrogen-bond donors (Lipinski definition) is 2. The van der Waals surface area contributed by atoms with Gasteiger partial charge in [-0.2, -0.15) is 0 Å². The molecule has 0 amide bonds. The molecule has 0 aliphatic heterocycles. The summed E-state index contributed by atoms with van der Waals surface area (Å²) >= 11 is 0. The fraction of sp³-hybridized carbons (Fsp3) is 0.111. The predicted octanol–water partition coefficient (Wildman–Crippen LogP) is 3.17. The van der Waals surface area contributed by atoms with E-state index in [1.807, 2.05) is 54.6 Å². The lowest BCUT2D eigenvalue weighted by molar-refractivity contribution is 0.415. The van der Waals surface area contributed by atoms with Crippen molar-refractivity contribution < 1.29 is 4.74 Å². The molecule has 1 aromatic heterocycles. The lowest BCUT2D eigenvalue weighted by Gasteiger charge is -2.08. The van der Waals surface area contributed by atoms with E-state index in [0.717, 1.165) is 27.9 Å². The van der Waals surface area contributed by atoms with Gasteiger partial charge in [0.15, 0.2) is 5.96 Å². The van der Waals surface area contributed by atoms with Crippen LogP contribution >= 0.6 is 0 Å². The third kappa shape index (κ3) is 3.58. The van der Waals surface area contributed by atoms with Crippen molar-refractivity contribution in [2.45, 2.75) is 6.54 Å². The van der Waals surface area contributed by atoms with Crippen LogP contribution in [0.1, 0.15) is 5.56 Å². The van der Waals surface area contributed by atoms with E-state index in [0.29, 0.717) is 12.5 Å². The number of guanidine groups is 1. The summed E-state index contributed by atoms with van der Waals surface area (Å²) in [5.74, 6) is 1.12. The van der Waals surface area contributed by atoms with Crippen LogP contribution in [0.2, 0.25) is 0 Å². The van der Waals surface area contributed by atoms with Crippen LogP contribution in [0.5, 0.6) is 5.75 Å². The molecule has 0 saturated carbocycles. The summed E-state index contributed by atoms with van der Waals surface area (Å²) < 4.78 is 5.18. The minimum atomic E-state index is 0.353. The highest BCUT2D eigenvalue weighted by Gasteiger charge is 2.02. The first kappa shape index (κ1) is 14.8. The van der Waals surface area contributed by atoms with Crippen molar-refractivity contribution in [2.75, 3.05) is 12.4 Å². The molecule has 0 radical (unpaired) electrons. The lowest BCUT2D eigenvalue weighted by atomic mass is 10.1. The number of para-hydroxylation sites is 1. The quantitative estimate of drug-likeness (QED) is 0.573. The molecule has 0 aliphatic rings. The van der Waals surface area contributed by atoms with Crippen LogP contribution in [0.15, 0.2) is 65.8 Å². The molecular weight excluding hydrogens is 288 g/mol. The smallest absolute Gasteiger partial charge is 0.193 e. The van der Waals surface area contributed by atoms with E-state index in [9.17, 15) is 0 Å². The van der Waals surface area contributed by atoms with Gasteiger partial charge in [0.05, 0.1) is 19.2 Å². The standard InChI is InChI=1S/C18H18N4O/c1-23-16-9-3-8-15(11-16)22-18(19)21-12-14-6-2-5-13-7-4-10-20-17(13)14/h2-11H,12H2,1H3,(H3,19,21,22). The Kier molecular flexibility index (Phi) is 4.38. The number of nitrogens with two attached hydrogens (primary N) is 1. The number of hydrogen-bond acceptors (Lipinski definition) is 3. The van der Waals surface area contributed by atoms with Crippen LogP contribution < -0.4 is 15.8 Å². The van der Waals surface area contributed by atoms with E-state index in [4.69, 9.17) is 10.5 Å². The fourth-order valence-corrected chi connectivity index (χ4v) is 2.35. The summed E-state index contributed by atoms with van der Waals surface area (Å²) in [6.45, 7) is 0.469. The summed E-state index contributed by atoms with van der Waals surface area (Å²) in [5.41, 5.74) is 8.79. The molecule has 0 bridgehead atoms. The van der Waals surface area contributed by atoms with Crippen LogP contribution in [-0.2, 0) is 6.54 Å². The number of aromatic nitrogens is 1. The Morgan fingerprint density at radius 1 is 1.17 bits per heavy atom. The number of nitrogens with zero attached hydrogens (tertiary/aromatic N) is 2. The second kappa shape index (κ2) is 6.79. The SMILES string of the molecule is COc1cccc(NC(N)=NCc2cccc3cccnc23)c1. The van der Waals surface area contributed by atoms with E-state index in [-0.39, 0.29) is 0 Å². The van der Waals surface area contributed by atoms with Crippen LogP contribution in [-0.4, -0.2) is 18.1 Å². The molecule has 5 nitrogen and oxygen atoms in total. The van der Waals surface area contributed by atoms with Gasteiger partial charge in [0.1, 0.15) is 5.75 Å². The maximum absolute atomic E-state index is 5.97. The van der Waals surface area contributed by atoms with Gasteiger partial charge in [-0.3, -0.25) is 4.98 Å². The molecule has 0 atom stereocenters. The largest absolute Gasteiger partial charge is 0.497 e. The van der Waals surface area contributed by atoms with E-state index in [1.54, 1.807) is 13.3 Å². The highest BCUT2D eigenvalue weighted by Crippen LogP contribution is 2.18. The summed E-state index contributed by atoms with van der Waals surface area (Å²) in [4.78, 5) is 8.82. The van der Waals surface area contributed by atoms with Gasteiger partial charge in [-0.1, -0.05) is 30.3 Å². The molecule has 5 heteroatoms. The van der Waals surface area contributed by atoms with Crippen molar-refractivity contribution in [2.24, 2.45) is 10.7 Å². The maximum Gasteiger partial charge on any atom is 0.193 e. The van der Waals surface area contributed by atoms with Gasteiger partial charge < -0.3 is 15.8 Å². The number of pyridine rings is 1. The first-order valence-corrected chi connectivity index (χ1v) is 7.30. The number of fused-ring (bicyclic) bond motifs is 1. The molecule has 23 heavy (non-hydrogen) atoms. The summed E-state index contributed by atoms with van der Waals surface area (Å²) in [7, 11) is 1.63. The van der Waals surface area contributed by atoms with Gasteiger partial charge >= 0.3 is 0 Å². The lowest BCUT2D eigenvalue weighted by Crippen LogP contribution is -2.22. The minimum Gasteiger partial charge on any atom is -0.497 e. The topological polar surface area (TPSA) is 72.5 Å². The van der Waals surface area contributed by atoms with E-state index >= 15 is 0 Å². The second-order valence-electron chi connectivity index (χ2n) is 5.05. The Morgan fingerprint density at radius 3 is 2.87 bits per heavy atom. The number of ether oxygens (including phenoxy) is 1. The van der Waals surface area contributed by atoms with Gasteiger partial charge in [0.25, 0.3) is 0 Å². The van der Waals surface area contributed by atoms with Gasteiger partial charge in [0.2, 0.25) is 0 Å². The monoisotopic (exact) mass is 306 g/mol. The van der Waals surface area contributed by atoms with Gasteiger partial charge in [-0.05, 0) is 23.8 Å². The zero-order valence-electron chi connectivity index (χ0n) is 12.9. The molecule has 0 aliphatic carbocycles. The number of anilines is 1. The Hall–Kier alpha value is -3.08. The third-order valence-corrected chi connectivity index (χ3v) is 3.48. The normalized spacial score (nSPS) is 11.4. The molecule has 116 valence electrons. The number of methoxy groups -OCH3 is 1. The average Bonchev–Trinajstić information content (AvgIpc) is 2.60. The van der Waals surface area contributed by atoms with Crippen molar-refractivity contribution in [3.8, 4) is 5.75 Å². The molecule has 0 spiro atoms. The molecule has 3 N–H and O–H groups in total. The molecule has 3 aromatic rings. The van der Waals surface area contributed by atoms with Crippen LogP contribution in [0.4, 0.5) is 5.69 Å². The Morgan fingerprint density at radius 2 is 2.00 bits per heavy atom. The Labute approximate surface area is 134 Å². The van der Waals surface area contributed by atoms with Crippen molar-refractivity contribution in [3.05, 3.63) is 66.4 Å². The van der Waals surface area contributed by atoms with Crippen molar-refractivity contribution in [3.63, 3.8) is 0 Å². The fourth-order valence-electron chi connectivity index (χ4n) is 2.35.